The van der Waals surface area contributed by atoms with Crippen LogP contribution < -0.4 is 4.74 Å². The molecular formula is C20H20O7. The number of aliphatic carboxylic acids is 1. The van der Waals surface area contributed by atoms with Gasteiger partial charge in [0.1, 0.15) is 17.3 Å². The first-order chi connectivity index (χ1) is 12.7. The lowest BCUT2D eigenvalue weighted by Crippen LogP contribution is -2.41. The maximum Gasteiger partial charge on any atom is 0.331 e. The Morgan fingerprint density at radius 1 is 1.33 bits per heavy atom. The third kappa shape index (κ3) is 3.00. The van der Waals surface area contributed by atoms with Crippen LogP contribution in [-0.2, 0) is 9.53 Å². The Balaban J connectivity index is 2.39. The van der Waals surface area contributed by atoms with Gasteiger partial charge >= 0.3 is 5.97 Å². The summed E-state index contributed by atoms with van der Waals surface area (Å²) >= 11 is 0. The van der Waals surface area contributed by atoms with Crippen LogP contribution in [0.25, 0.3) is 10.8 Å². The SMILES string of the molecule is CO/C(=C/C(=O)O)[C@@H]1c2cc3cccc(OC)c3c(O)c2C(=O)C[C@@]1(C)O. The van der Waals surface area contributed by atoms with Crippen molar-refractivity contribution in [2.24, 2.45) is 0 Å². The Hall–Kier alpha value is -3.06. The van der Waals surface area contributed by atoms with Crippen molar-refractivity contribution in [3.63, 3.8) is 0 Å². The van der Waals surface area contributed by atoms with Gasteiger partial charge in [0.25, 0.3) is 0 Å². The van der Waals surface area contributed by atoms with E-state index in [1.165, 1.54) is 21.1 Å². The van der Waals surface area contributed by atoms with E-state index in [1.54, 1.807) is 24.3 Å². The predicted molar refractivity (Wildman–Crippen MR) is 97.2 cm³/mol. The molecule has 1 aliphatic carbocycles. The fraction of sp³-hybridized carbons (Fsp3) is 0.300. The van der Waals surface area contributed by atoms with E-state index in [0.29, 0.717) is 22.1 Å². The van der Waals surface area contributed by atoms with E-state index in [2.05, 4.69) is 0 Å². The van der Waals surface area contributed by atoms with Gasteiger partial charge in [-0.25, -0.2) is 4.79 Å². The maximum atomic E-state index is 12.7. The number of phenolic OH excluding ortho intramolecular Hbond substituents is 1. The average molecular weight is 372 g/mol. The lowest BCUT2D eigenvalue weighted by Gasteiger charge is -2.38. The normalized spacial score (nSPS) is 22.4. The number of carboxylic acids is 1. The van der Waals surface area contributed by atoms with E-state index in [-0.39, 0.29) is 23.5 Å². The number of aliphatic hydroxyl groups is 1. The fourth-order valence-electron chi connectivity index (χ4n) is 3.81. The summed E-state index contributed by atoms with van der Waals surface area (Å²) in [7, 11) is 2.76. The third-order valence-electron chi connectivity index (χ3n) is 4.87. The summed E-state index contributed by atoms with van der Waals surface area (Å²) in [6.45, 7) is 1.44. The van der Waals surface area contributed by atoms with Crippen molar-refractivity contribution in [1.29, 1.82) is 0 Å². The zero-order chi connectivity index (χ0) is 19.9. The van der Waals surface area contributed by atoms with Gasteiger partial charge < -0.3 is 24.8 Å². The molecule has 1 aliphatic rings. The smallest absolute Gasteiger partial charge is 0.331 e. The Morgan fingerprint density at radius 2 is 2.04 bits per heavy atom. The molecule has 0 unspecified atom stereocenters. The molecule has 0 bridgehead atoms. The second-order valence-electron chi connectivity index (χ2n) is 6.73. The van der Waals surface area contributed by atoms with Gasteiger partial charge in [0.05, 0.1) is 42.8 Å². The van der Waals surface area contributed by atoms with Crippen LogP contribution in [0.15, 0.2) is 36.1 Å². The molecule has 2 aromatic carbocycles. The molecule has 0 spiro atoms. The zero-order valence-electron chi connectivity index (χ0n) is 15.1. The predicted octanol–water partition coefficient (Wildman–Crippen LogP) is 2.59. The van der Waals surface area contributed by atoms with Crippen LogP contribution in [0.4, 0.5) is 0 Å². The third-order valence-corrected chi connectivity index (χ3v) is 4.87. The van der Waals surface area contributed by atoms with Crippen LogP contribution >= 0.6 is 0 Å². The van der Waals surface area contributed by atoms with Gasteiger partial charge in [-0.3, -0.25) is 4.79 Å². The molecule has 0 saturated heterocycles. The molecule has 7 heteroatoms. The van der Waals surface area contributed by atoms with Crippen molar-refractivity contribution in [3.05, 3.63) is 47.2 Å². The quantitative estimate of drug-likeness (QED) is 0.558. The highest BCUT2D eigenvalue weighted by atomic mass is 16.5. The summed E-state index contributed by atoms with van der Waals surface area (Å²) in [6, 6.07) is 6.78. The number of fused-ring (bicyclic) bond motifs is 2. The molecule has 2 aromatic rings. The summed E-state index contributed by atoms with van der Waals surface area (Å²) < 4.78 is 10.5. The topological polar surface area (TPSA) is 113 Å². The van der Waals surface area contributed by atoms with Crippen molar-refractivity contribution in [1.82, 2.24) is 0 Å². The number of phenols is 1. The molecule has 7 nitrogen and oxygen atoms in total. The molecule has 142 valence electrons. The average Bonchev–Trinajstić information content (AvgIpc) is 2.58. The van der Waals surface area contributed by atoms with Gasteiger partial charge in [0.15, 0.2) is 5.78 Å². The number of methoxy groups -OCH3 is 2. The Bertz CT molecular complexity index is 972. The number of rotatable bonds is 4. The summed E-state index contributed by atoms with van der Waals surface area (Å²) in [5.41, 5.74) is -1.24. The summed E-state index contributed by atoms with van der Waals surface area (Å²) in [5, 5.41) is 31.8. The molecule has 3 rings (SSSR count). The molecule has 2 atom stereocenters. The standard InChI is InChI=1S/C20H20O7/c1-20(25)9-12(21)17-11(18(20)14(27-3)8-15(22)23)7-10-5-4-6-13(26-2)16(10)19(17)24/h4-8,18,24-25H,9H2,1-3H3,(H,22,23)/b14-8+/t18-,20+/m0/s1. The molecule has 0 saturated carbocycles. The minimum atomic E-state index is -1.58. The molecule has 0 aromatic heterocycles. The van der Waals surface area contributed by atoms with E-state index < -0.39 is 23.3 Å². The van der Waals surface area contributed by atoms with Gasteiger partial charge in [0, 0.05) is 6.42 Å². The summed E-state index contributed by atoms with van der Waals surface area (Å²) in [6.07, 6.45) is 0.560. The van der Waals surface area contributed by atoms with Crippen LogP contribution in [-0.4, -0.2) is 46.9 Å². The Labute approximate surface area is 155 Å². The number of carbonyl (C=O) groups is 2. The zero-order valence-corrected chi connectivity index (χ0v) is 15.1. The van der Waals surface area contributed by atoms with Crippen molar-refractivity contribution in [2.45, 2.75) is 24.9 Å². The molecule has 0 aliphatic heterocycles. The van der Waals surface area contributed by atoms with Crippen molar-refractivity contribution in [2.75, 3.05) is 14.2 Å². The molecular weight excluding hydrogens is 352 g/mol. The van der Waals surface area contributed by atoms with Crippen LogP contribution in [0, 0.1) is 0 Å². The number of aromatic hydroxyl groups is 1. The number of ether oxygens (including phenoxy) is 2. The monoisotopic (exact) mass is 372 g/mol. The first-order valence-electron chi connectivity index (χ1n) is 8.28. The van der Waals surface area contributed by atoms with Crippen LogP contribution in [0.1, 0.15) is 35.2 Å². The molecule has 27 heavy (non-hydrogen) atoms. The summed E-state index contributed by atoms with van der Waals surface area (Å²) in [4.78, 5) is 23.9. The second kappa shape index (κ2) is 6.59. The van der Waals surface area contributed by atoms with E-state index >= 15 is 0 Å². The van der Waals surface area contributed by atoms with Gasteiger partial charge in [-0.2, -0.15) is 0 Å². The highest BCUT2D eigenvalue weighted by Gasteiger charge is 2.46. The van der Waals surface area contributed by atoms with Gasteiger partial charge in [-0.05, 0) is 30.0 Å². The van der Waals surface area contributed by atoms with E-state index in [1.807, 2.05) is 0 Å². The fourth-order valence-corrected chi connectivity index (χ4v) is 3.81. The van der Waals surface area contributed by atoms with Crippen molar-refractivity contribution in [3.8, 4) is 11.5 Å². The van der Waals surface area contributed by atoms with Gasteiger partial charge in [-0.15, -0.1) is 0 Å². The van der Waals surface area contributed by atoms with E-state index in [9.17, 15) is 19.8 Å². The number of carboxylic acid groups (broad SMARTS) is 1. The molecule has 0 radical (unpaired) electrons. The minimum absolute atomic E-state index is 0.0112. The Morgan fingerprint density at radius 3 is 2.63 bits per heavy atom. The minimum Gasteiger partial charge on any atom is -0.506 e. The highest BCUT2D eigenvalue weighted by molar-refractivity contribution is 6.09. The summed E-state index contributed by atoms with van der Waals surface area (Å²) in [5.74, 6) is -2.48. The van der Waals surface area contributed by atoms with Gasteiger partial charge in [-0.1, -0.05) is 12.1 Å². The number of hydrogen-bond acceptors (Lipinski definition) is 6. The second-order valence-corrected chi connectivity index (χ2v) is 6.73. The first-order valence-corrected chi connectivity index (χ1v) is 8.28. The first kappa shape index (κ1) is 18.7. The highest BCUT2D eigenvalue weighted by Crippen LogP contribution is 2.49. The van der Waals surface area contributed by atoms with E-state index in [4.69, 9.17) is 14.6 Å². The molecule has 0 heterocycles. The molecule has 0 amide bonds. The lowest BCUT2D eigenvalue weighted by molar-refractivity contribution is -0.131. The van der Waals surface area contributed by atoms with E-state index in [0.717, 1.165) is 6.08 Å². The number of hydrogen-bond donors (Lipinski definition) is 3. The Kier molecular flexibility index (Phi) is 4.57. The van der Waals surface area contributed by atoms with Crippen molar-refractivity contribution < 1.29 is 34.4 Å². The number of ketones is 1. The number of benzene rings is 2. The number of carbonyl (C=O) groups excluding carboxylic acids is 1. The largest absolute Gasteiger partial charge is 0.506 e. The lowest BCUT2D eigenvalue weighted by atomic mass is 9.70. The van der Waals surface area contributed by atoms with Crippen LogP contribution in [0.2, 0.25) is 0 Å². The number of Topliss-reactive ketones (excluding diaryl/α,β-unsaturated/α-hetero) is 1. The van der Waals surface area contributed by atoms with Crippen LogP contribution in [0.3, 0.4) is 0 Å². The molecule has 3 N–H and O–H groups in total. The maximum absolute atomic E-state index is 12.7. The van der Waals surface area contributed by atoms with Crippen LogP contribution in [0.5, 0.6) is 11.5 Å². The molecule has 0 fully saturated rings. The van der Waals surface area contributed by atoms with Gasteiger partial charge in [0.2, 0.25) is 0 Å². The van der Waals surface area contributed by atoms with Crippen molar-refractivity contribution >= 4 is 22.5 Å².